The van der Waals surface area contributed by atoms with Crippen LogP contribution in [0.15, 0.2) is 51.9 Å². The number of hydrogen-bond donors (Lipinski definition) is 0. The summed E-state index contributed by atoms with van der Waals surface area (Å²) < 4.78 is 14.3. The van der Waals surface area contributed by atoms with Crippen molar-refractivity contribution in [2.45, 2.75) is 13.8 Å². The Morgan fingerprint density at radius 1 is 1.27 bits per heavy atom. The first kappa shape index (κ1) is 16.6. The van der Waals surface area contributed by atoms with E-state index in [1.807, 2.05) is 49.7 Å². The predicted octanol–water partition coefficient (Wildman–Crippen LogP) is 4.43. The molecule has 0 aliphatic rings. The van der Waals surface area contributed by atoms with Crippen LogP contribution < -0.4 is 9.54 Å². The van der Waals surface area contributed by atoms with Crippen LogP contribution in [0.3, 0.4) is 0 Å². The third-order valence-electron chi connectivity index (χ3n) is 4.18. The zero-order valence-electron chi connectivity index (χ0n) is 14.8. The minimum atomic E-state index is -0.400. The van der Waals surface area contributed by atoms with E-state index in [1.54, 1.807) is 6.07 Å². The maximum absolute atomic E-state index is 12.6. The molecule has 0 unspecified atom stereocenters. The summed E-state index contributed by atoms with van der Waals surface area (Å²) in [7, 11) is 1.91. The topological polar surface area (TPSA) is 56.7 Å². The molecule has 0 saturated carbocycles. The van der Waals surface area contributed by atoms with Gasteiger partial charge in [0.25, 0.3) is 0 Å². The van der Waals surface area contributed by atoms with Crippen LogP contribution in [-0.2, 0) is 7.05 Å². The molecule has 6 heteroatoms. The predicted molar refractivity (Wildman–Crippen MR) is 103 cm³/mol. The highest BCUT2D eigenvalue weighted by Crippen LogP contribution is 2.29. The molecule has 2 aromatic carbocycles. The van der Waals surface area contributed by atoms with Gasteiger partial charge in [0, 0.05) is 12.4 Å². The van der Waals surface area contributed by atoms with E-state index in [1.165, 1.54) is 16.9 Å². The molecule has 1 amide bonds. The largest absolute Gasteiger partial charge is 0.490 e. The van der Waals surface area contributed by atoms with E-state index < -0.39 is 5.91 Å². The van der Waals surface area contributed by atoms with Crippen molar-refractivity contribution < 1.29 is 13.9 Å². The molecule has 0 aliphatic heterocycles. The maximum Gasteiger partial charge on any atom is 0.315 e. The molecule has 0 spiro atoms. The molecular formula is C20H18N2O3S. The smallest absolute Gasteiger partial charge is 0.315 e. The van der Waals surface area contributed by atoms with Crippen LogP contribution in [0.25, 0.3) is 21.2 Å². The zero-order valence-corrected chi connectivity index (χ0v) is 15.6. The summed E-state index contributed by atoms with van der Waals surface area (Å²) in [6.07, 6.45) is 0. The molecule has 5 nitrogen and oxygen atoms in total. The van der Waals surface area contributed by atoms with Gasteiger partial charge in [-0.05, 0) is 43.7 Å². The van der Waals surface area contributed by atoms with Gasteiger partial charge in [-0.25, -0.2) is 0 Å². The lowest BCUT2D eigenvalue weighted by Crippen LogP contribution is -2.12. The van der Waals surface area contributed by atoms with Crippen molar-refractivity contribution in [3.8, 4) is 5.75 Å². The van der Waals surface area contributed by atoms with Gasteiger partial charge in [0.2, 0.25) is 0 Å². The number of nitrogens with zero attached hydrogens (tertiary/aromatic N) is 2. The molecule has 0 fully saturated rings. The fraction of sp³-hybridized carbons (Fsp3) is 0.200. The number of hydrogen-bond acceptors (Lipinski definition) is 4. The Labute approximate surface area is 154 Å². The zero-order chi connectivity index (χ0) is 18.3. The van der Waals surface area contributed by atoms with Gasteiger partial charge in [0.1, 0.15) is 0 Å². The maximum atomic E-state index is 12.6. The Bertz CT molecular complexity index is 1200. The molecule has 2 aromatic heterocycles. The molecule has 0 bridgehead atoms. The standard InChI is InChI=1S/C20H18N2O3S/c1-4-24-15-7-5-6-13-11-16(25-18(13)15)19(23)21-20-22(3)14-9-8-12(2)10-17(14)26-20/h5-11H,4H2,1-3H3. The van der Waals surface area contributed by atoms with Crippen LogP contribution in [-0.4, -0.2) is 17.1 Å². The second-order valence-corrected chi connectivity index (χ2v) is 7.06. The minimum Gasteiger partial charge on any atom is -0.490 e. The third-order valence-corrected chi connectivity index (χ3v) is 5.28. The number of furan rings is 1. The van der Waals surface area contributed by atoms with Crippen molar-refractivity contribution in [3.63, 3.8) is 0 Å². The number of benzene rings is 2. The Morgan fingerprint density at radius 3 is 2.92 bits per heavy atom. The fourth-order valence-corrected chi connectivity index (χ4v) is 4.02. The van der Waals surface area contributed by atoms with E-state index >= 15 is 0 Å². The van der Waals surface area contributed by atoms with Crippen LogP contribution in [0.1, 0.15) is 23.0 Å². The van der Waals surface area contributed by atoms with Crippen molar-refractivity contribution >= 4 is 38.4 Å². The third kappa shape index (κ3) is 2.82. The van der Waals surface area contributed by atoms with Crippen LogP contribution in [0.4, 0.5) is 0 Å². The number of aryl methyl sites for hydroxylation is 2. The van der Waals surface area contributed by atoms with Crippen molar-refractivity contribution in [1.82, 2.24) is 4.57 Å². The number of para-hydroxylation sites is 1. The molecule has 2 heterocycles. The lowest BCUT2D eigenvalue weighted by molar-refractivity contribution is 0.0973. The normalized spacial score (nSPS) is 12.2. The number of thiazole rings is 1. The Kier molecular flexibility index (Phi) is 4.12. The van der Waals surface area contributed by atoms with Crippen molar-refractivity contribution in [3.05, 3.63) is 58.6 Å². The monoisotopic (exact) mass is 366 g/mol. The van der Waals surface area contributed by atoms with Gasteiger partial charge in [-0.1, -0.05) is 29.5 Å². The summed E-state index contributed by atoms with van der Waals surface area (Å²) >= 11 is 1.49. The molecule has 4 aromatic rings. The molecule has 132 valence electrons. The van der Waals surface area contributed by atoms with Crippen molar-refractivity contribution in [2.75, 3.05) is 6.61 Å². The number of aromatic nitrogens is 1. The first-order valence-corrected chi connectivity index (χ1v) is 9.19. The Morgan fingerprint density at radius 2 is 2.12 bits per heavy atom. The fourth-order valence-electron chi connectivity index (χ4n) is 2.90. The van der Waals surface area contributed by atoms with Crippen molar-refractivity contribution in [1.29, 1.82) is 0 Å². The van der Waals surface area contributed by atoms with Gasteiger partial charge >= 0.3 is 5.91 Å². The molecule has 0 aliphatic carbocycles. The summed E-state index contributed by atoms with van der Waals surface area (Å²) in [4.78, 5) is 17.6. The Hall–Kier alpha value is -2.86. The SMILES string of the molecule is CCOc1cccc2cc(C(=O)N=c3sc4cc(C)ccc4n3C)oc12. The van der Waals surface area contributed by atoms with Crippen LogP contribution >= 0.6 is 11.3 Å². The van der Waals surface area contributed by atoms with E-state index in [9.17, 15) is 4.79 Å². The molecule has 26 heavy (non-hydrogen) atoms. The highest BCUT2D eigenvalue weighted by atomic mass is 32.1. The number of ether oxygens (including phenoxy) is 1. The van der Waals surface area contributed by atoms with E-state index in [0.717, 1.165) is 15.6 Å². The molecule has 0 radical (unpaired) electrons. The minimum absolute atomic E-state index is 0.209. The van der Waals surface area contributed by atoms with Gasteiger partial charge in [-0.2, -0.15) is 4.99 Å². The summed E-state index contributed by atoms with van der Waals surface area (Å²) in [5.41, 5.74) is 2.80. The quantitative estimate of drug-likeness (QED) is 0.539. The van der Waals surface area contributed by atoms with Gasteiger partial charge in [0.05, 0.1) is 16.8 Å². The van der Waals surface area contributed by atoms with Gasteiger partial charge in [0.15, 0.2) is 21.9 Å². The second kappa shape index (κ2) is 6.46. The van der Waals surface area contributed by atoms with E-state index in [-0.39, 0.29) is 5.76 Å². The highest BCUT2D eigenvalue weighted by Gasteiger charge is 2.15. The summed E-state index contributed by atoms with van der Waals surface area (Å²) in [5.74, 6) is 0.440. The average molecular weight is 366 g/mol. The van der Waals surface area contributed by atoms with Crippen LogP contribution in [0.2, 0.25) is 0 Å². The molecular weight excluding hydrogens is 348 g/mol. The number of carbonyl (C=O) groups excluding carboxylic acids is 1. The summed E-state index contributed by atoms with van der Waals surface area (Å²) in [5, 5.41) is 0.825. The van der Waals surface area contributed by atoms with Gasteiger partial charge < -0.3 is 13.7 Å². The van der Waals surface area contributed by atoms with Crippen LogP contribution in [0.5, 0.6) is 5.75 Å². The lowest BCUT2D eigenvalue weighted by Gasteiger charge is -2.01. The van der Waals surface area contributed by atoms with E-state index in [2.05, 4.69) is 17.1 Å². The molecule has 4 rings (SSSR count). The first-order valence-electron chi connectivity index (χ1n) is 8.37. The number of amides is 1. The molecule has 0 N–H and O–H groups in total. The number of rotatable bonds is 3. The first-order chi connectivity index (χ1) is 12.6. The number of carbonyl (C=O) groups is 1. The molecule has 0 atom stereocenters. The molecule has 0 saturated heterocycles. The lowest BCUT2D eigenvalue weighted by atomic mass is 10.2. The Balaban J connectivity index is 1.79. The van der Waals surface area contributed by atoms with Crippen molar-refractivity contribution in [2.24, 2.45) is 12.0 Å². The second-order valence-electron chi connectivity index (χ2n) is 6.05. The van der Waals surface area contributed by atoms with E-state index in [4.69, 9.17) is 9.15 Å². The highest BCUT2D eigenvalue weighted by molar-refractivity contribution is 7.16. The summed E-state index contributed by atoms with van der Waals surface area (Å²) in [6.45, 7) is 4.49. The van der Waals surface area contributed by atoms with Gasteiger partial charge in [-0.3, -0.25) is 4.79 Å². The van der Waals surface area contributed by atoms with Crippen LogP contribution in [0, 0.1) is 6.92 Å². The van der Waals surface area contributed by atoms with Gasteiger partial charge in [-0.15, -0.1) is 0 Å². The average Bonchev–Trinajstić information content (AvgIpc) is 3.18. The summed E-state index contributed by atoms with van der Waals surface area (Å²) in [6, 6.07) is 13.5. The van der Waals surface area contributed by atoms with E-state index in [0.29, 0.717) is 22.7 Å². The number of fused-ring (bicyclic) bond motifs is 2.